The number of carbonyl (C=O) groups excluding carboxylic acids is 2. The van der Waals surface area contributed by atoms with Crippen molar-refractivity contribution in [3.63, 3.8) is 0 Å². The van der Waals surface area contributed by atoms with Gasteiger partial charge in [-0.15, -0.1) is 0 Å². The van der Waals surface area contributed by atoms with Crippen LogP contribution in [0.2, 0.25) is 0 Å². The molecule has 3 heterocycles. The summed E-state index contributed by atoms with van der Waals surface area (Å²) in [6.45, 7) is 4.39. The molecule has 0 bridgehead atoms. The quantitative estimate of drug-likeness (QED) is 0.544. The normalized spacial score (nSPS) is 18.8. The van der Waals surface area contributed by atoms with Gasteiger partial charge in [-0.25, -0.2) is 0 Å². The average Bonchev–Trinajstić information content (AvgIpc) is 3.18. The van der Waals surface area contributed by atoms with E-state index in [4.69, 9.17) is 12.2 Å². The summed E-state index contributed by atoms with van der Waals surface area (Å²) in [7, 11) is 0. The summed E-state index contributed by atoms with van der Waals surface area (Å²) >= 11 is 8.78. The number of hydrogen-bond donors (Lipinski definition) is 1. The second-order valence-corrected chi connectivity index (χ2v) is 8.66. The average molecular weight is 475 g/mol. The van der Waals surface area contributed by atoms with Crippen LogP contribution in [0, 0.1) is 0 Å². The van der Waals surface area contributed by atoms with Crippen LogP contribution < -0.4 is 5.32 Å². The number of benzene rings is 1. The van der Waals surface area contributed by atoms with Gasteiger partial charge < -0.3 is 14.8 Å². The number of piperidine rings is 1. The molecule has 2 fully saturated rings. The smallest absolute Gasteiger partial charge is 0.276 e. The molecule has 2 aliphatic rings. The number of likely N-dealkylation sites (tertiary alicyclic amines) is 1. The van der Waals surface area contributed by atoms with Gasteiger partial charge in [-0.3, -0.25) is 14.5 Å². The lowest BCUT2D eigenvalue weighted by Crippen LogP contribution is -2.37. The number of carbonyl (C=O) groups is 2. The van der Waals surface area contributed by atoms with Gasteiger partial charge in [0.05, 0.1) is 0 Å². The van der Waals surface area contributed by atoms with Crippen LogP contribution in [0.1, 0.15) is 31.7 Å². The predicted molar refractivity (Wildman–Crippen MR) is 121 cm³/mol. The van der Waals surface area contributed by atoms with E-state index in [2.05, 4.69) is 21.2 Å². The van der Waals surface area contributed by atoms with Gasteiger partial charge in [0.15, 0.2) is 5.11 Å². The van der Waals surface area contributed by atoms with Crippen molar-refractivity contribution in [2.75, 3.05) is 19.6 Å². The highest BCUT2D eigenvalue weighted by Gasteiger charge is 2.29. The third kappa shape index (κ3) is 3.96. The molecule has 0 unspecified atom stereocenters. The van der Waals surface area contributed by atoms with E-state index in [1.165, 1.54) is 11.3 Å². The van der Waals surface area contributed by atoms with Crippen molar-refractivity contribution in [2.24, 2.45) is 0 Å². The maximum atomic E-state index is 12.8. The Morgan fingerprint density at radius 1 is 1.28 bits per heavy atom. The second kappa shape index (κ2) is 8.28. The summed E-state index contributed by atoms with van der Waals surface area (Å²) < 4.78 is 2.92. The molecule has 0 atom stereocenters. The molecule has 0 aliphatic carbocycles. The Balaban J connectivity index is 1.69. The number of thiocarbonyl (C=S) groups is 1. The van der Waals surface area contributed by atoms with Crippen LogP contribution in [0.3, 0.4) is 0 Å². The van der Waals surface area contributed by atoms with E-state index in [0.29, 0.717) is 23.9 Å². The first-order valence-corrected chi connectivity index (χ1v) is 11.1. The van der Waals surface area contributed by atoms with E-state index >= 15 is 0 Å². The van der Waals surface area contributed by atoms with Gasteiger partial charge in [-0.2, -0.15) is 0 Å². The van der Waals surface area contributed by atoms with Crippen LogP contribution in [-0.2, 0) is 16.1 Å². The Morgan fingerprint density at radius 3 is 2.72 bits per heavy atom. The number of hydrogen-bond acceptors (Lipinski definition) is 3. The monoisotopic (exact) mass is 474 g/mol. The Kier molecular flexibility index (Phi) is 5.74. The highest BCUT2D eigenvalue weighted by molar-refractivity contribution is 9.10. The fourth-order valence-corrected chi connectivity index (χ4v) is 4.63. The standard InChI is InChI=1S/C21H23BrN4O2S/c1-2-26-20(28)17(23-21(26)29)10-14-12-25(18-7-6-15(22)11-16(14)18)13-19(27)24-8-4-3-5-9-24/h6-7,10-12H,2-5,8-9,13H2,1H3,(H,23,29). The van der Waals surface area contributed by atoms with Crippen LogP contribution in [-0.4, -0.2) is 50.9 Å². The zero-order valence-electron chi connectivity index (χ0n) is 16.3. The number of amides is 2. The number of halogens is 1. The number of rotatable bonds is 4. The van der Waals surface area contributed by atoms with E-state index in [1.54, 1.807) is 0 Å². The molecule has 8 heteroatoms. The molecule has 1 N–H and O–H groups in total. The largest absolute Gasteiger partial charge is 0.341 e. The van der Waals surface area contributed by atoms with Gasteiger partial charge in [0, 0.05) is 46.8 Å². The molecule has 2 aromatic rings. The maximum absolute atomic E-state index is 12.8. The lowest BCUT2D eigenvalue weighted by atomic mass is 10.1. The lowest BCUT2D eigenvalue weighted by Gasteiger charge is -2.27. The number of aromatic nitrogens is 1. The SMILES string of the molecule is CCN1C(=O)C(=Cc2cn(CC(=O)N3CCCCC3)c3ccc(Br)cc23)NC1=S. The molecule has 1 aromatic heterocycles. The molecule has 2 saturated heterocycles. The van der Waals surface area contributed by atoms with Crippen LogP contribution in [0.5, 0.6) is 0 Å². The van der Waals surface area contributed by atoms with Gasteiger partial charge in [0.1, 0.15) is 12.2 Å². The van der Waals surface area contributed by atoms with Crippen molar-refractivity contribution in [1.29, 1.82) is 0 Å². The van der Waals surface area contributed by atoms with E-state index in [-0.39, 0.29) is 11.8 Å². The molecular formula is C21H23BrN4O2S. The number of nitrogens with zero attached hydrogens (tertiary/aromatic N) is 3. The predicted octanol–water partition coefficient (Wildman–Crippen LogP) is 3.49. The van der Waals surface area contributed by atoms with Crippen LogP contribution in [0.25, 0.3) is 17.0 Å². The van der Waals surface area contributed by atoms with E-state index in [9.17, 15) is 9.59 Å². The van der Waals surface area contributed by atoms with Crippen LogP contribution in [0.15, 0.2) is 34.6 Å². The minimum atomic E-state index is -0.127. The van der Waals surface area contributed by atoms with Gasteiger partial charge in [0.2, 0.25) is 5.91 Å². The molecule has 29 heavy (non-hydrogen) atoms. The summed E-state index contributed by atoms with van der Waals surface area (Å²) in [6, 6.07) is 5.98. The molecule has 0 spiro atoms. The summed E-state index contributed by atoms with van der Waals surface area (Å²) in [4.78, 5) is 28.9. The van der Waals surface area contributed by atoms with Gasteiger partial charge in [-0.1, -0.05) is 15.9 Å². The fourth-order valence-electron chi connectivity index (χ4n) is 3.95. The molecule has 6 nitrogen and oxygen atoms in total. The minimum absolute atomic E-state index is 0.127. The van der Waals surface area contributed by atoms with Crippen molar-refractivity contribution in [3.8, 4) is 0 Å². The molecule has 0 saturated carbocycles. The molecule has 2 amide bonds. The molecule has 152 valence electrons. The Bertz CT molecular complexity index is 1020. The summed E-state index contributed by atoms with van der Waals surface area (Å²) in [6.07, 6.45) is 7.10. The third-order valence-corrected chi connectivity index (χ3v) is 6.28. The van der Waals surface area contributed by atoms with Crippen LogP contribution >= 0.6 is 28.1 Å². The van der Waals surface area contributed by atoms with E-state index in [1.807, 2.05) is 46.9 Å². The first-order valence-electron chi connectivity index (χ1n) is 9.88. The highest BCUT2D eigenvalue weighted by atomic mass is 79.9. The second-order valence-electron chi connectivity index (χ2n) is 7.35. The summed E-state index contributed by atoms with van der Waals surface area (Å²) in [5.74, 6) is 0.00918. The Hall–Kier alpha value is -2.19. The summed E-state index contributed by atoms with van der Waals surface area (Å²) in [5.41, 5.74) is 2.30. The van der Waals surface area contributed by atoms with Gasteiger partial charge in [-0.05, 0) is 62.7 Å². The zero-order valence-corrected chi connectivity index (χ0v) is 18.7. The van der Waals surface area contributed by atoms with Gasteiger partial charge >= 0.3 is 0 Å². The number of likely N-dealkylation sites (N-methyl/N-ethyl adjacent to an activating group) is 1. The van der Waals surface area contributed by atoms with Crippen molar-refractivity contribution in [3.05, 3.63) is 40.1 Å². The molecule has 4 rings (SSSR count). The number of fused-ring (bicyclic) bond motifs is 1. The Morgan fingerprint density at radius 2 is 2.03 bits per heavy atom. The van der Waals surface area contributed by atoms with Crippen molar-refractivity contribution < 1.29 is 9.59 Å². The van der Waals surface area contributed by atoms with Crippen molar-refractivity contribution >= 4 is 62.1 Å². The molecule has 2 aliphatic heterocycles. The zero-order chi connectivity index (χ0) is 20.5. The van der Waals surface area contributed by atoms with Gasteiger partial charge in [0.25, 0.3) is 5.91 Å². The Labute approximate surface area is 183 Å². The topological polar surface area (TPSA) is 57.6 Å². The first-order chi connectivity index (χ1) is 14.0. The minimum Gasteiger partial charge on any atom is -0.341 e. The number of nitrogens with one attached hydrogen (secondary N) is 1. The maximum Gasteiger partial charge on any atom is 0.276 e. The molecular weight excluding hydrogens is 452 g/mol. The summed E-state index contributed by atoms with van der Waals surface area (Å²) in [5, 5.41) is 4.41. The highest BCUT2D eigenvalue weighted by Crippen LogP contribution is 2.28. The lowest BCUT2D eigenvalue weighted by molar-refractivity contribution is -0.132. The first kappa shape index (κ1) is 20.1. The molecule has 0 radical (unpaired) electrons. The fraction of sp³-hybridized carbons (Fsp3) is 0.381. The third-order valence-electron chi connectivity index (χ3n) is 5.47. The van der Waals surface area contributed by atoms with Crippen LogP contribution in [0.4, 0.5) is 0 Å². The van der Waals surface area contributed by atoms with Crippen molar-refractivity contribution in [2.45, 2.75) is 32.7 Å². The van der Waals surface area contributed by atoms with E-state index < -0.39 is 0 Å². The van der Waals surface area contributed by atoms with E-state index in [0.717, 1.165) is 46.9 Å². The molecule has 1 aromatic carbocycles. The van der Waals surface area contributed by atoms with Crippen molar-refractivity contribution in [1.82, 2.24) is 19.7 Å².